The highest BCUT2D eigenvalue weighted by atomic mass is 16.1. The van der Waals surface area contributed by atoms with Gasteiger partial charge >= 0.3 is 0 Å². The van der Waals surface area contributed by atoms with Gasteiger partial charge in [0, 0.05) is 12.4 Å². The van der Waals surface area contributed by atoms with Crippen LogP contribution >= 0.6 is 0 Å². The second-order valence-electron chi connectivity index (χ2n) is 4.64. The van der Waals surface area contributed by atoms with Crippen molar-refractivity contribution in [3.05, 3.63) is 53.4 Å². The Balaban J connectivity index is 2.05. The highest BCUT2D eigenvalue weighted by molar-refractivity contribution is 5.94. The van der Waals surface area contributed by atoms with Crippen LogP contribution in [-0.4, -0.2) is 20.9 Å². The summed E-state index contributed by atoms with van der Waals surface area (Å²) in [6.45, 7) is 4.46. The summed E-state index contributed by atoms with van der Waals surface area (Å²) in [5, 5.41) is 2.86. The van der Waals surface area contributed by atoms with E-state index in [1.165, 1.54) is 6.33 Å². The van der Waals surface area contributed by atoms with Gasteiger partial charge in [0.1, 0.15) is 6.33 Å². The van der Waals surface area contributed by atoms with E-state index < -0.39 is 0 Å². The Kier molecular flexibility index (Phi) is 4.76. The van der Waals surface area contributed by atoms with Crippen molar-refractivity contribution in [3.63, 3.8) is 0 Å². The zero-order valence-electron chi connectivity index (χ0n) is 11.8. The molecule has 2 aromatic rings. The largest absolute Gasteiger partial charge is 0.346 e. The molecular weight excluding hydrogens is 252 g/mol. The van der Waals surface area contributed by atoms with Gasteiger partial charge in [0.2, 0.25) is 0 Å². The first-order valence-corrected chi connectivity index (χ1v) is 6.69. The first kappa shape index (κ1) is 14.1. The van der Waals surface area contributed by atoms with Gasteiger partial charge in [-0.15, -0.1) is 0 Å². The summed E-state index contributed by atoms with van der Waals surface area (Å²) in [5.74, 6) is -0.155. The summed E-state index contributed by atoms with van der Waals surface area (Å²) in [5.41, 5.74) is 3.30. The summed E-state index contributed by atoms with van der Waals surface area (Å²) in [6.07, 6.45) is 6.50. The molecule has 20 heavy (non-hydrogen) atoms. The highest BCUT2D eigenvalue weighted by Gasteiger charge is 2.12. The fourth-order valence-electron chi connectivity index (χ4n) is 1.94. The summed E-state index contributed by atoms with van der Waals surface area (Å²) < 4.78 is 0. The number of nitrogens with zero attached hydrogens (tertiary/aromatic N) is 3. The van der Waals surface area contributed by atoms with Crippen LogP contribution < -0.4 is 5.32 Å². The number of aryl methyl sites for hydroxylation is 2. The minimum atomic E-state index is -0.155. The van der Waals surface area contributed by atoms with Gasteiger partial charge < -0.3 is 5.32 Å². The Morgan fingerprint density at radius 3 is 2.95 bits per heavy atom. The fraction of sp³-hybridized carbons (Fsp3) is 0.333. The third-order valence-corrected chi connectivity index (χ3v) is 2.93. The number of rotatable bonds is 5. The fourth-order valence-corrected chi connectivity index (χ4v) is 1.94. The molecule has 0 unspecified atom stereocenters. The van der Waals surface area contributed by atoms with E-state index in [1.54, 1.807) is 12.4 Å². The average molecular weight is 270 g/mol. The van der Waals surface area contributed by atoms with Gasteiger partial charge in [-0.25, -0.2) is 9.97 Å². The second kappa shape index (κ2) is 6.75. The van der Waals surface area contributed by atoms with E-state index in [9.17, 15) is 4.79 Å². The minimum absolute atomic E-state index is 0.155. The van der Waals surface area contributed by atoms with E-state index in [4.69, 9.17) is 0 Å². The lowest BCUT2D eigenvalue weighted by Crippen LogP contribution is -2.25. The van der Waals surface area contributed by atoms with Crippen LogP contribution in [0.25, 0.3) is 0 Å². The molecule has 0 aliphatic carbocycles. The third kappa shape index (κ3) is 3.60. The smallest absolute Gasteiger partial charge is 0.255 e. The zero-order chi connectivity index (χ0) is 14.4. The van der Waals surface area contributed by atoms with Gasteiger partial charge in [0.25, 0.3) is 5.91 Å². The lowest BCUT2D eigenvalue weighted by Gasteiger charge is -2.08. The van der Waals surface area contributed by atoms with Crippen LogP contribution in [0.2, 0.25) is 0 Å². The molecule has 2 rings (SSSR count). The normalized spacial score (nSPS) is 10.3. The van der Waals surface area contributed by atoms with Gasteiger partial charge in [-0.05, 0) is 31.0 Å². The van der Waals surface area contributed by atoms with Gasteiger partial charge in [0.05, 0.1) is 23.5 Å². The molecule has 0 radical (unpaired) electrons. The van der Waals surface area contributed by atoms with Crippen LogP contribution in [-0.2, 0) is 13.0 Å². The van der Waals surface area contributed by atoms with E-state index in [0.717, 1.165) is 29.8 Å². The maximum atomic E-state index is 12.2. The molecule has 5 nitrogen and oxygen atoms in total. The topological polar surface area (TPSA) is 67.8 Å². The number of hydrogen-bond acceptors (Lipinski definition) is 4. The van der Waals surface area contributed by atoms with Crippen LogP contribution in [0, 0.1) is 6.92 Å². The van der Waals surface area contributed by atoms with Crippen LogP contribution in [0.15, 0.2) is 30.9 Å². The molecule has 0 bridgehead atoms. The summed E-state index contributed by atoms with van der Waals surface area (Å²) >= 11 is 0. The van der Waals surface area contributed by atoms with Crippen molar-refractivity contribution in [2.45, 2.75) is 33.2 Å². The molecule has 0 spiro atoms. The molecule has 2 aromatic heterocycles. The maximum Gasteiger partial charge on any atom is 0.255 e. The summed E-state index contributed by atoms with van der Waals surface area (Å²) in [6, 6.07) is 3.88. The number of aromatic nitrogens is 3. The maximum absolute atomic E-state index is 12.2. The molecular formula is C15H18N4O. The van der Waals surface area contributed by atoms with Gasteiger partial charge in [-0.3, -0.25) is 9.78 Å². The van der Waals surface area contributed by atoms with E-state index in [0.29, 0.717) is 12.1 Å². The molecule has 5 heteroatoms. The number of carbonyl (C=O) groups excluding carboxylic acids is 1. The first-order valence-electron chi connectivity index (χ1n) is 6.69. The lowest BCUT2D eigenvalue weighted by molar-refractivity contribution is 0.0948. The van der Waals surface area contributed by atoms with Crippen molar-refractivity contribution in [1.82, 2.24) is 20.3 Å². The van der Waals surface area contributed by atoms with Crippen molar-refractivity contribution in [2.75, 3.05) is 0 Å². The second-order valence-corrected chi connectivity index (χ2v) is 4.64. The van der Waals surface area contributed by atoms with E-state index in [2.05, 4.69) is 27.2 Å². The molecule has 2 heterocycles. The quantitative estimate of drug-likeness (QED) is 0.903. The monoisotopic (exact) mass is 270 g/mol. The van der Waals surface area contributed by atoms with Crippen molar-refractivity contribution in [1.29, 1.82) is 0 Å². The van der Waals surface area contributed by atoms with Gasteiger partial charge in [0.15, 0.2) is 0 Å². The molecule has 0 aliphatic heterocycles. The standard InChI is InChI=1S/C15H18N4O/c1-3-4-14-13(9-16-10-19-14)15(20)18-8-12-7-11(2)5-6-17-12/h5-7,9-10H,3-4,8H2,1-2H3,(H,18,20). The van der Waals surface area contributed by atoms with E-state index >= 15 is 0 Å². The average Bonchev–Trinajstić information content (AvgIpc) is 2.46. The van der Waals surface area contributed by atoms with Crippen LogP contribution in [0.5, 0.6) is 0 Å². The zero-order valence-corrected chi connectivity index (χ0v) is 11.8. The minimum Gasteiger partial charge on any atom is -0.346 e. The number of hydrogen-bond donors (Lipinski definition) is 1. The van der Waals surface area contributed by atoms with Gasteiger partial charge in [-0.1, -0.05) is 13.3 Å². The summed E-state index contributed by atoms with van der Waals surface area (Å²) in [4.78, 5) is 24.5. The molecule has 0 fully saturated rings. The van der Waals surface area contributed by atoms with Crippen LogP contribution in [0.1, 0.15) is 40.7 Å². The Hall–Kier alpha value is -2.30. The van der Waals surface area contributed by atoms with Crippen molar-refractivity contribution in [2.24, 2.45) is 0 Å². The first-order chi connectivity index (χ1) is 9.70. The molecule has 0 atom stereocenters. The predicted octanol–water partition coefficient (Wildman–Crippen LogP) is 2.06. The number of pyridine rings is 1. The van der Waals surface area contributed by atoms with Crippen LogP contribution in [0.4, 0.5) is 0 Å². The van der Waals surface area contributed by atoms with E-state index in [1.807, 2.05) is 19.1 Å². The van der Waals surface area contributed by atoms with Crippen LogP contribution in [0.3, 0.4) is 0 Å². The molecule has 0 saturated heterocycles. The SMILES string of the molecule is CCCc1ncncc1C(=O)NCc1cc(C)ccn1. The molecule has 0 saturated carbocycles. The van der Waals surface area contributed by atoms with Crippen molar-refractivity contribution < 1.29 is 4.79 Å². The molecule has 0 aliphatic rings. The molecule has 1 amide bonds. The Morgan fingerprint density at radius 1 is 1.35 bits per heavy atom. The Morgan fingerprint density at radius 2 is 2.20 bits per heavy atom. The van der Waals surface area contributed by atoms with Crippen molar-refractivity contribution in [3.8, 4) is 0 Å². The Labute approximate surface area is 118 Å². The number of amides is 1. The third-order valence-electron chi connectivity index (χ3n) is 2.93. The predicted molar refractivity (Wildman–Crippen MR) is 76.2 cm³/mol. The highest BCUT2D eigenvalue weighted by Crippen LogP contribution is 2.07. The Bertz CT molecular complexity index is 598. The summed E-state index contributed by atoms with van der Waals surface area (Å²) in [7, 11) is 0. The molecule has 104 valence electrons. The number of carbonyl (C=O) groups is 1. The number of nitrogens with one attached hydrogen (secondary N) is 1. The lowest BCUT2D eigenvalue weighted by atomic mass is 10.1. The van der Waals surface area contributed by atoms with Crippen molar-refractivity contribution >= 4 is 5.91 Å². The van der Waals surface area contributed by atoms with Gasteiger partial charge in [-0.2, -0.15) is 0 Å². The molecule has 0 aromatic carbocycles. The molecule has 1 N–H and O–H groups in total. The van der Waals surface area contributed by atoms with E-state index in [-0.39, 0.29) is 5.91 Å².